The first-order valence-electron chi connectivity index (χ1n) is 12.5. The molecular formula is C26H48O2. The van der Waals surface area contributed by atoms with E-state index in [2.05, 4.69) is 41.5 Å². The van der Waals surface area contributed by atoms with Crippen LogP contribution in [0, 0.1) is 47.3 Å². The van der Waals surface area contributed by atoms with Gasteiger partial charge in [-0.25, -0.2) is 0 Å². The fraction of sp³-hybridized carbons (Fsp3) is 1.00. The van der Waals surface area contributed by atoms with E-state index in [1.54, 1.807) is 0 Å². The van der Waals surface area contributed by atoms with Gasteiger partial charge in [-0.05, 0) is 98.7 Å². The molecular weight excluding hydrogens is 344 g/mol. The molecule has 2 nitrogen and oxygen atoms in total. The molecule has 0 bridgehead atoms. The molecule has 0 radical (unpaired) electrons. The highest BCUT2D eigenvalue weighted by Gasteiger charge is 2.52. The maximum Gasteiger partial charge on any atom is 0.0708 e. The summed E-state index contributed by atoms with van der Waals surface area (Å²) in [4.78, 5) is 0. The van der Waals surface area contributed by atoms with E-state index in [-0.39, 0.29) is 0 Å². The second-order valence-corrected chi connectivity index (χ2v) is 12.0. The van der Waals surface area contributed by atoms with E-state index in [1.165, 1.54) is 25.7 Å². The highest BCUT2D eigenvalue weighted by atomic mass is 16.3. The van der Waals surface area contributed by atoms with E-state index in [0.29, 0.717) is 47.3 Å². The van der Waals surface area contributed by atoms with Gasteiger partial charge in [-0.1, -0.05) is 54.4 Å². The third-order valence-corrected chi connectivity index (χ3v) is 9.33. The fourth-order valence-corrected chi connectivity index (χ4v) is 7.90. The predicted octanol–water partition coefficient (Wildman–Crippen LogP) is 6.44. The first-order valence-corrected chi connectivity index (χ1v) is 12.5. The molecule has 0 aromatic rings. The third kappa shape index (κ3) is 4.20. The summed E-state index contributed by atoms with van der Waals surface area (Å²) in [5.74, 6) is 4.17. The molecule has 28 heavy (non-hydrogen) atoms. The molecule has 2 N–H and O–H groups in total. The van der Waals surface area contributed by atoms with Crippen molar-refractivity contribution in [2.24, 2.45) is 47.3 Å². The summed E-state index contributed by atoms with van der Waals surface area (Å²) in [6.07, 6.45) is 11.3. The molecule has 0 aromatic heterocycles. The van der Waals surface area contributed by atoms with Crippen LogP contribution in [0.4, 0.5) is 0 Å². The van der Waals surface area contributed by atoms with Gasteiger partial charge in [0.05, 0.1) is 11.2 Å². The molecule has 0 aromatic carbocycles. The third-order valence-electron chi connectivity index (χ3n) is 9.33. The minimum Gasteiger partial charge on any atom is -0.389 e. The van der Waals surface area contributed by atoms with Gasteiger partial charge in [0, 0.05) is 0 Å². The van der Waals surface area contributed by atoms with Crippen molar-refractivity contribution in [3.63, 3.8) is 0 Å². The topological polar surface area (TPSA) is 40.5 Å². The first kappa shape index (κ1) is 22.6. The molecule has 2 heteroatoms. The number of hydrogen-bond donors (Lipinski definition) is 2. The molecule has 0 amide bonds. The van der Waals surface area contributed by atoms with Crippen molar-refractivity contribution in [3.8, 4) is 0 Å². The summed E-state index contributed by atoms with van der Waals surface area (Å²) in [5, 5.41) is 23.8. The highest BCUT2D eigenvalue weighted by Crippen LogP contribution is 2.54. The summed E-state index contributed by atoms with van der Waals surface area (Å²) in [7, 11) is 0. The lowest BCUT2D eigenvalue weighted by Gasteiger charge is -2.54. The quantitative estimate of drug-likeness (QED) is 0.578. The SMILES string of the molecule is CC1CCC(C(C)C)C(O)(C2CCC(C3(O)CC(C)CCC3C(C)C)CC2)C1. The fourth-order valence-electron chi connectivity index (χ4n) is 7.90. The predicted molar refractivity (Wildman–Crippen MR) is 118 cm³/mol. The maximum absolute atomic E-state index is 11.9. The van der Waals surface area contributed by atoms with E-state index in [4.69, 9.17) is 0 Å². The largest absolute Gasteiger partial charge is 0.389 e. The van der Waals surface area contributed by atoms with E-state index in [1.807, 2.05) is 0 Å². The Morgan fingerprint density at radius 1 is 0.571 bits per heavy atom. The minimum atomic E-state index is -0.475. The molecule has 0 aliphatic heterocycles. The van der Waals surface area contributed by atoms with Crippen molar-refractivity contribution in [1.82, 2.24) is 0 Å². The van der Waals surface area contributed by atoms with Gasteiger partial charge >= 0.3 is 0 Å². The average molecular weight is 393 g/mol. The van der Waals surface area contributed by atoms with Crippen LogP contribution in [0.5, 0.6) is 0 Å². The van der Waals surface area contributed by atoms with Gasteiger partial charge in [0.25, 0.3) is 0 Å². The van der Waals surface area contributed by atoms with Crippen LogP contribution in [0.25, 0.3) is 0 Å². The Morgan fingerprint density at radius 2 is 0.893 bits per heavy atom. The van der Waals surface area contributed by atoms with Crippen LogP contribution in [0.15, 0.2) is 0 Å². The molecule has 3 fully saturated rings. The summed E-state index contributed by atoms with van der Waals surface area (Å²) in [6.45, 7) is 13.9. The monoisotopic (exact) mass is 392 g/mol. The van der Waals surface area contributed by atoms with Gasteiger partial charge in [0.1, 0.15) is 0 Å². The Hall–Kier alpha value is -0.0800. The summed E-state index contributed by atoms with van der Waals surface area (Å²) < 4.78 is 0. The molecule has 3 aliphatic carbocycles. The zero-order valence-electron chi connectivity index (χ0n) is 19.6. The molecule has 164 valence electrons. The van der Waals surface area contributed by atoms with Gasteiger partial charge < -0.3 is 10.2 Å². The van der Waals surface area contributed by atoms with Gasteiger partial charge in [-0.3, -0.25) is 0 Å². The van der Waals surface area contributed by atoms with Crippen LogP contribution in [0.3, 0.4) is 0 Å². The average Bonchev–Trinajstić information content (AvgIpc) is 2.61. The van der Waals surface area contributed by atoms with Crippen molar-refractivity contribution in [2.45, 2.75) is 117 Å². The molecule has 6 unspecified atom stereocenters. The molecule has 3 rings (SSSR count). The number of hydrogen-bond acceptors (Lipinski definition) is 2. The molecule has 3 aliphatic rings. The zero-order valence-corrected chi connectivity index (χ0v) is 19.6. The standard InChI is InChI=1S/C26H48O2/c1-17(2)23-13-7-19(5)15-25(23,27)21-9-11-22(12-10-21)26(28)16-20(6)8-14-24(26)18(3)4/h17-24,27-28H,7-16H2,1-6H3. The van der Waals surface area contributed by atoms with Crippen LogP contribution < -0.4 is 0 Å². The Bertz CT molecular complexity index is 461. The van der Waals surface area contributed by atoms with Gasteiger partial charge in [0.2, 0.25) is 0 Å². The van der Waals surface area contributed by atoms with Crippen molar-refractivity contribution < 1.29 is 10.2 Å². The molecule has 3 saturated carbocycles. The molecule has 0 heterocycles. The lowest BCUT2D eigenvalue weighted by molar-refractivity contribution is -0.160. The van der Waals surface area contributed by atoms with Gasteiger partial charge in [-0.15, -0.1) is 0 Å². The smallest absolute Gasteiger partial charge is 0.0708 e. The van der Waals surface area contributed by atoms with Crippen molar-refractivity contribution in [2.75, 3.05) is 0 Å². The Balaban J connectivity index is 1.72. The van der Waals surface area contributed by atoms with Gasteiger partial charge in [0.15, 0.2) is 0 Å². The Morgan fingerprint density at radius 3 is 1.18 bits per heavy atom. The van der Waals surface area contributed by atoms with E-state index in [0.717, 1.165) is 38.5 Å². The van der Waals surface area contributed by atoms with Crippen LogP contribution in [-0.4, -0.2) is 21.4 Å². The maximum atomic E-state index is 11.9. The van der Waals surface area contributed by atoms with Crippen LogP contribution in [0.1, 0.15) is 106 Å². The summed E-state index contributed by atoms with van der Waals surface area (Å²) in [5.41, 5.74) is -0.951. The van der Waals surface area contributed by atoms with E-state index in [9.17, 15) is 10.2 Å². The van der Waals surface area contributed by atoms with Gasteiger partial charge in [-0.2, -0.15) is 0 Å². The first-order chi connectivity index (χ1) is 13.1. The summed E-state index contributed by atoms with van der Waals surface area (Å²) >= 11 is 0. The molecule has 0 saturated heterocycles. The zero-order chi connectivity index (χ0) is 20.7. The van der Waals surface area contributed by atoms with Crippen LogP contribution in [0.2, 0.25) is 0 Å². The lowest BCUT2D eigenvalue weighted by atomic mass is 9.55. The van der Waals surface area contributed by atoms with Crippen molar-refractivity contribution in [1.29, 1.82) is 0 Å². The molecule has 0 spiro atoms. The second-order valence-electron chi connectivity index (χ2n) is 12.0. The Kier molecular flexibility index (Phi) is 6.92. The normalized spacial score (nSPS) is 48.2. The minimum absolute atomic E-state index is 0.431. The van der Waals surface area contributed by atoms with Crippen LogP contribution >= 0.6 is 0 Å². The van der Waals surface area contributed by atoms with Crippen LogP contribution in [-0.2, 0) is 0 Å². The summed E-state index contributed by atoms with van der Waals surface area (Å²) in [6, 6.07) is 0. The number of rotatable bonds is 4. The number of aliphatic hydroxyl groups is 2. The Labute approximate surface area is 174 Å². The molecule has 6 atom stereocenters. The van der Waals surface area contributed by atoms with E-state index >= 15 is 0 Å². The van der Waals surface area contributed by atoms with E-state index < -0.39 is 11.2 Å². The van der Waals surface area contributed by atoms with Crippen molar-refractivity contribution >= 4 is 0 Å². The highest BCUT2D eigenvalue weighted by molar-refractivity contribution is 5.03. The lowest BCUT2D eigenvalue weighted by Crippen LogP contribution is -2.55. The second kappa shape index (κ2) is 8.58. The van der Waals surface area contributed by atoms with Crippen molar-refractivity contribution in [3.05, 3.63) is 0 Å².